The molecule has 1 aromatic rings. The molecule has 0 aromatic heterocycles. The number of methoxy groups -OCH3 is 1. The lowest BCUT2D eigenvalue weighted by atomic mass is 9.99. The summed E-state index contributed by atoms with van der Waals surface area (Å²) in [5.74, 6) is 0.746. The summed E-state index contributed by atoms with van der Waals surface area (Å²) in [6.45, 7) is 5.49. The molecule has 1 unspecified atom stereocenters. The molecule has 1 atom stereocenters. The van der Waals surface area contributed by atoms with Crippen LogP contribution in [-0.4, -0.2) is 13.7 Å². The van der Waals surface area contributed by atoms with Gasteiger partial charge in [-0.25, -0.2) is 0 Å². The summed E-state index contributed by atoms with van der Waals surface area (Å²) in [5, 5.41) is 4.32. The summed E-state index contributed by atoms with van der Waals surface area (Å²) in [6.07, 6.45) is 7.49. The van der Waals surface area contributed by atoms with Gasteiger partial charge < -0.3 is 10.1 Å². The van der Waals surface area contributed by atoms with Crippen molar-refractivity contribution in [1.29, 1.82) is 0 Å². The van der Waals surface area contributed by atoms with Gasteiger partial charge in [0.2, 0.25) is 0 Å². The number of rotatable bonds is 10. The SMILES string of the molecule is CCCCCCC(NCCC)c1ccc(OC)c(Cl)c1. The Bertz CT molecular complexity index is 381. The van der Waals surface area contributed by atoms with Crippen molar-refractivity contribution in [3.63, 3.8) is 0 Å². The van der Waals surface area contributed by atoms with Crippen molar-refractivity contribution in [3.05, 3.63) is 28.8 Å². The van der Waals surface area contributed by atoms with Crippen molar-refractivity contribution in [2.24, 2.45) is 0 Å². The minimum absolute atomic E-state index is 0.398. The molecule has 0 heterocycles. The lowest BCUT2D eigenvalue weighted by molar-refractivity contribution is 0.414. The molecule has 114 valence electrons. The first-order valence-electron chi connectivity index (χ1n) is 7.79. The van der Waals surface area contributed by atoms with E-state index in [9.17, 15) is 0 Å². The molecule has 20 heavy (non-hydrogen) atoms. The van der Waals surface area contributed by atoms with E-state index in [4.69, 9.17) is 16.3 Å². The molecule has 0 saturated heterocycles. The van der Waals surface area contributed by atoms with Gasteiger partial charge in [-0.3, -0.25) is 0 Å². The second kappa shape index (κ2) is 10.1. The van der Waals surface area contributed by atoms with Crippen LogP contribution >= 0.6 is 11.6 Å². The highest BCUT2D eigenvalue weighted by molar-refractivity contribution is 6.32. The number of ether oxygens (including phenoxy) is 1. The molecule has 0 bridgehead atoms. The lowest BCUT2D eigenvalue weighted by Gasteiger charge is -2.20. The van der Waals surface area contributed by atoms with E-state index in [2.05, 4.69) is 25.2 Å². The quantitative estimate of drug-likeness (QED) is 0.587. The third kappa shape index (κ3) is 5.72. The summed E-state index contributed by atoms with van der Waals surface area (Å²) >= 11 is 6.24. The Labute approximate surface area is 128 Å². The van der Waals surface area contributed by atoms with Gasteiger partial charge in [-0.2, -0.15) is 0 Å². The smallest absolute Gasteiger partial charge is 0.137 e. The highest BCUT2D eigenvalue weighted by atomic mass is 35.5. The number of benzene rings is 1. The fourth-order valence-corrected chi connectivity index (χ4v) is 2.65. The molecule has 0 radical (unpaired) electrons. The number of nitrogens with one attached hydrogen (secondary N) is 1. The molecule has 3 heteroatoms. The topological polar surface area (TPSA) is 21.3 Å². The molecule has 0 spiro atoms. The van der Waals surface area contributed by atoms with Gasteiger partial charge in [-0.05, 0) is 37.1 Å². The molecular formula is C17H28ClNO. The molecule has 0 aliphatic carbocycles. The number of hydrogen-bond acceptors (Lipinski definition) is 2. The van der Waals surface area contributed by atoms with E-state index in [0.29, 0.717) is 11.1 Å². The van der Waals surface area contributed by atoms with Gasteiger partial charge in [0.25, 0.3) is 0 Å². The van der Waals surface area contributed by atoms with Gasteiger partial charge in [-0.1, -0.05) is 57.2 Å². The molecule has 0 saturated carbocycles. The number of unbranched alkanes of at least 4 members (excludes halogenated alkanes) is 3. The average molecular weight is 298 g/mol. The van der Waals surface area contributed by atoms with Gasteiger partial charge in [0.05, 0.1) is 12.1 Å². The zero-order valence-electron chi connectivity index (χ0n) is 13.0. The Morgan fingerprint density at radius 3 is 2.55 bits per heavy atom. The maximum absolute atomic E-state index is 6.24. The van der Waals surface area contributed by atoms with Crippen molar-refractivity contribution >= 4 is 11.6 Å². The van der Waals surface area contributed by atoms with Gasteiger partial charge in [0, 0.05) is 6.04 Å². The number of halogens is 1. The second-order valence-electron chi connectivity index (χ2n) is 5.25. The van der Waals surface area contributed by atoms with Crippen LogP contribution in [0.4, 0.5) is 0 Å². The van der Waals surface area contributed by atoms with Crippen LogP contribution in [0.5, 0.6) is 5.75 Å². The minimum Gasteiger partial charge on any atom is -0.495 e. The van der Waals surface area contributed by atoms with E-state index in [-0.39, 0.29) is 0 Å². The predicted octanol–water partition coefficient (Wildman–Crippen LogP) is 5.36. The lowest BCUT2D eigenvalue weighted by Crippen LogP contribution is -2.22. The standard InChI is InChI=1S/C17H28ClNO/c1-4-6-7-8-9-16(19-12-5-2)14-10-11-17(20-3)15(18)13-14/h10-11,13,16,19H,4-9,12H2,1-3H3. The van der Waals surface area contributed by atoms with E-state index >= 15 is 0 Å². The van der Waals surface area contributed by atoms with E-state index in [0.717, 1.165) is 18.7 Å². The van der Waals surface area contributed by atoms with Crippen molar-refractivity contribution in [2.45, 2.75) is 58.4 Å². The zero-order valence-corrected chi connectivity index (χ0v) is 13.8. The predicted molar refractivity (Wildman–Crippen MR) is 87.8 cm³/mol. The summed E-state index contributed by atoms with van der Waals surface area (Å²) in [5.41, 5.74) is 1.26. The summed E-state index contributed by atoms with van der Waals surface area (Å²) in [6, 6.07) is 6.52. The summed E-state index contributed by atoms with van der Waals surface area (Å²) in [4.78, 5) is 0. The first-order valence-corrected chi connectivity index (χ1v) is 8.17. The molecule has 0 fully saturated rings. The monoisotopic (exact) mass is 297 g/mol. The van der Waals surface area contributed by atoms with Crippen molar-refractivity contribution in [1.82, 2.24) is 5.32 Å². The third-order valence-corrected chi connectivity index (χ3v) is 3.86. The van der Waals surface area contributed by atoms with Crippen LogP contribution in [0, 0.1) is 0 Å². The van der Waals surface area contributed by atoms with Crippen LogP contribution in [-0.2, 0) is 0 Å². The molecular weight excluding hydrogens is 270 g/mol. The van der Waals surface area contributed by atoms with Crippen LogP contribution in [0.2, 0.25) is 5.02 Å². The Morgan fingerprint density at radius 2 is 1.95 bits per heavy atom. The Hall–Kier alpha value is -0.730. The van der Waals surface area contributed by atoms with Crippen LogP contribution in [0.15, 0.2) is 18.2 Å². The van der Waals surface area contributed by atoms with Crippen molar-refractivity contribution in [2.75, 3.05) is 13.7 Å². The third-order valence-electron chi connectivity index (χ3n) is 3.57. The van der Waals surface area contributed by atoms with Crippen LogP contribution in [0.3, 0.4) is 0 Å². The van der Waals surface area contributed by atoms with Gasteiger partial charge in [-0.15, -0.1) is 0 Å². The molecule has 1 aromatic carbocycles. The highest BCUT2D eigenvalue weighted by Crippen LogP contribution is 2.29. The zero-order chi connectivity index (χ0) is 14.8. The molecule has 2 nitrogen and oxygen atoms in total. The molecule has 0 amide bonds. The number of hydrogen-bond donors (Lipinski definition) is 1. The Balaban J connectivity index is 2.68. The largest absolute Gasteiger partial charge is 0.495 e. The van der Waals surface area contributed by atoms with E-state index in [1.54, 1.807) is 7.11 Å². The first-order chi connectivity index (χ1) is 9.72. The molecule has 1 N–H and O–H groups in total. The van der Waals surface area contributed by atoms with Crippen molar-refractivity contribution in [3.8, 4) is 5.75 Å². The van der Waals surface area contributed by atoms with Gasteiger partial charge in [0.15, 0.2) is 0 Å². The minimum atomic E-state index is 0.398. The fraction of sp³-hybridized carbons (Fsp3) is 0.647. The Morgan fingerprint density at radius 1 is 1.15 bits per heavy atom. The normalized spacial score (nSPS) is 12.4. The van der Waals surface area contributed by atoms with E-state index in [1.165, 1.54) is 37.7 Å². The van der Waals surface area contributed by atoms with Crippen LogP contribution < -0.4 is 10.1 Å². The first kappa shape index (κ1) is 17.3. The van der Waals surface area contributed by atoms with E-state index < -0.39 is 0 Å². The average Bonchev–Trinajstić information content (AvgIpc) is 2.46. The van der Waals surface area contributed by atoms with Gasteiger partial charge in [0.1, 0.15) is 5.75 Å². The van der Waals surface area contributed by atoms with Crippen molar-refractivity contribution < 1.29 is 4.74 Å². The highest BCUT2D eigenvalue weighted by Gasteiger charge is 2.12. The fourth-order valence-electron chi connectivity index (χ4n) is 2.38. The summed E-state index contributed by atoms with van der Waals surface area (Å²) in [7, 11) is 1.65. The second-order valence-corrected chi connectivity index (χ2v) is 5.66. The maximum Gasteiger partial charge on any atom is 0.137 e. The molecule has 0 aliphatic heterocycles. The van der Waals surface area contributed by atoms with E-state index in [1.807, 2.05) is 12.1 Å². The Kier molecular flexibility index (Phi) is 8.72. The van der Waals surface area contributed by atoms with Crippen LogP contribution in [0.25, 0.3) is 0 Å². The molecule has 1 rings (SSSR count). The van der Waals surface area contributed by atoms with Crippen LogP contribution in [0.1, 0.15) is 64.0 Å². The van der Waals surface area contributed by atoms with Gasteiger partial charge >= 0.3 is 0 Å². The molecule has 0 aliphatic rings. The summed E-state index contributed by atoms with van der Waals surface area (Å²) < 4.78 is 5.22. The maximum atomic E-state index is 6.24.